The van der Waals surface area contributed by atoms with E-state index in [0.29, 0.717) is 6.54 Å². The van der Waals surface area contributed by atoms with Gasteiger partial charge in [0.1, 0.15) is 6.54 Å². The van der Waals surface area contributed by atoms with Crippen LogP contribution in [0.4, 0.5) is 8.78 Å². The third-order valence-electron chi connectivity index (χ3n) is 2.84. The zero-order chi connectivity index (χ0) is 13.4. The first-order valence-electron chi connectivity index (χ1n) is 6.38. The number of hydrogen-bond donors (Lipinski definition) is 1. The molecule has 0 amide bonds. The molecule has 1 aromatic rings. The molecule has 1 heterocycles. The van der Waals surface area contributed by atoms with E-state index in [1.165, 1.54) is 4.68 Å². The molecule has 0 radical (unpaired) electrons. The lowest BCUT2D eigenvalue weighted by Gasteiger charge is -2.17. The lowest BCUT2D eigenvalue weighted by Crippen LogP contribution is -2.31. The molecule has 1 rings (SSSR count). The summed E-state index contributed by atoms with van der Waals surface area (Å²) in [5, 5.41) is 7.17. The van der Waals surface area contributed by atoms with Crippen molar-refractivity contribution in [3.05, 3.63) is 18.0 Å². The number of likely N-dealkylation sites (N-methyl/N-ethyl adjacent to an activating group) is 1. The Bertz CT molecular complexity index is 333. The molecule has 0 saturated heterocycles. The maximum Gasteiger partial charge on any atom is 0.257 e. The van der Waals surface area contributed by atoms with E-state index in [9.17, 15) is 8.78 Å². The molecule has 120 valence electrons. The molecule has 0 aliphatic rings. The van der Waals surface area contributed by atoms with Crippen molar-refractivity contribution in [2.45, 2.75) is 33.4 Å². The lowest BCUT2D eigenvalue weighted by molar-refractivity contribution is 0.122. The van der Waals surface area contributed by atoms with E-state index >= 15 is 0 Å². The average Bonchev–Trinajstić information content (AvgIpc) is 2.76. The maximum atomic E-state index is 12.1. The number of hydrogen-bond acceptors (Lipinski definition) is 3. The summed E-state index contributed by atoms with van der Waals surface area (Å²) in [7, 11) is 0. The van der Waals surface area contributed by atoms with Crippen molar-refractivity contribution in [2.24, 2.45) is 0 Å². The Morgan fingerprint density at radius 3 is 2.50 bits per heavy atom. The van der Waals surface area contributed by atoms with Gasteiger partial charge >= 0.3 is 0 Å². The Labute approximate surface area is 131 Å². The van der Waals surface area contributed by atoms with E-state index < -0.39 is 6.43 Å². The van der Waals surface area contributed by atoms with Crippen molar-refractivity contribution in [1.29, 1.82) is 0 Å². The molecule has 8 heteroatoms. The first-order chi connectivity index (χ1) is 8.65. The van der Waals surface area contributed by atoms with E-state index in [0.717, 1.165) is 31.7 Å². The third kappa shape index (κ3) is 8.68. The second-order valence-electron chi connectivity index (χ2n) is 4.17. The van der Waals surface area contributed by atoms with Crippen LogP contribution in [0, 0.1) is 0 Å². The molecule has 0 spiro atoms. The quantitative estimate of drug-likeness (QED) is 0.705. The van der Waals surface area contributed by atoms with Gasteiger partial charge in [0.15, 0.2) is 0 Å². The van der Waals surface area contributed by atoms with Crippen molar-refractivity contribution >= 4 is 24.8 Å². The SMILES string of the molecule is CCN(CC)CCNCc1cnn(CC(F)F)c1.Cl.Cl. The van der Waals surface area contributed by atoms with E-state index in [4.69, 9.17) is 0 Å². The molecular weight excluding hydrogens is 309 g/mol. The molecule has 0 bridgehead atoms. The predicted octanol–water partition coefficient (Wildman–Crippen LogP) is 2.42. The Hall–Kier alpha value is -0.430. The fourth-order valence-electron chi connectivity index (χ4n) is 1.75. The van der Waals surface area contributed by atoms with Crippen molar-refractivity contribution in [1.82, 2.24) is 20.0 Å². The van der Waals surface area contributed by atoms with Crippen LogP contribution in [0.2, 0.25) is 0 Å². The Kier molecular flexibility index (Phi) is 13.5. The smallest absolute Gasteiger partial charge is 0.257 e. The molecule has 0 aliphatic heterocycles. The largest absolute Gasteiger partial charge is 0.311 e. The number of halogens is 4. The van der Waals surface area contributed by atoms with Gasteiger partial charge in [0.25, 0.3) is 6.43 Å². The second kappa shape index (κ2) is 12.3. The fraction of sp³-hybridized carbons (Fsp3) is 0.750. The summed E-state index contributed by atoms with van der Waals surface area (Å²) < 4.78 is 25.5. The first-order valence-corrected chi connectivity index (χ1v) is 6.38. The van der Waals surface area contributed by atoms with Crippen LogP contribution in [-0.2, 0) is 13.1 Å². The molecule has 0 unspecified atom stereocenters. The van der Waals surface area contributed by atoms with Crippen molar-refractivity contribution in [3.8, 4) is 0 Å². The maximum absolute atomic E-state index is 12.1. The highest BCUT2D eigenvalue weighted by atomic mass is 35.5. The highest BCUT2D eigenvalue weighted by Gasteiger charge is 2.05. The van der Waals surface area contributed by atoms with Crippen molar-refractivity contribution < 1.29 is 8.78 Å². The van der Waals surface area contributed by atoms with Crippen LogP contribution in [0.1, 0.15) is 19.4 Å². The number of alkyl halides is 2. The van der Waals surface area contributed by atoms with Crippen LogP contribution in [0.15, 0.2) is 12.4 Å². The van der Waals surface area contributed by atoms with Gasteiger partial charge in [-0.15, -0.1) is 24.8 Å². The summed E-state index contributed by atoms with van der Waals surface area (Å²) in [6.07, 6.45) is 0.942. The Morgan fingerprint density at radius 2 is 1.95 bits per heavy atom. The molecule has 0 atom stereocenters. The molecule has 0 aliphatic carbocycles. The van der Waals surface area contributed by atoms with Crippen molar-refractivity contribution in [3.63, 3.8) is 0 Å². The third-order valence-corrected chi connectivity index (χ3v) is 2.84. The van der Waals surface area contributed by atoms with Gasteiger partial charge in [-0.2, -0.15) is 5.10 Å². The summed E-state index contributed by atoms with van der Waals surface area (Å²) in [5.74, 6) is 0. The minimum absolute atomic E-state index is 0. The Balaban J connectivity index is 0. The summed E-state index contributed by atoms with van der Waals surface area (Å²) in [6.45, 7) is 8.59. The van der Waals surface area contributed by atoms with Crippen LogP contribution >= 0.6 is 24.8 Å². The van der Waals surface area contributed by atoms with Gasteiger partial charge in [0.2, 0.25) is 0 Å². The highest BCUT2D eigenvalue weighted by Crippen LogP contribution is 2.01. The van der Waals surface area contributed by atoms with E-state index in [2.05, 4.69) is 29.2 Å². The van der Waals surface area contributed by atoms with Gasteiger partial charge in [0, 0.05) is 31.4 Å². The van der Waals surface area contributed by atoms with Crippen LogP contribution in [-0.4, -0.2) is 47.3 Å². The van der Waals surface area contributed by atoms with Crippen molar-refractivity contribution in [2.75, 3.05) is 26.2 Å². The summed E-state index contributed by atoms with van der Waals surface area (Å²) >= 11 is 0. The lowest BCUT2D eigenvalue weighted by atomic mass is 10.3. The fourth-order valence-corrected chi connectivity index (χ4v) is 1.75. The minimum Gasteiger partial charge on any atom is -0.311 e. The van der Waals surface area contributed by atoms with Crippen LogP contribution < -0.4 is 5.32 Å². The number of rotatable bonds is 9. The van der Waals surface area contributed by atoms with Crippen LogP contribution in [0.3, 0.4) is 0 Å². The zero-order valence-corrected chi connectivity index (χ0v) is 13.5. The second-order valence-corrected chi connectivity index (χ2v) is 4.17. The van der Waals surface area contributed by atoms with Gasteiger partial charge in [-0.05, 0) is 13.1 Å². The van der Waals surface area contributed by atoms with E-state index in [-0.39, 0.29) is 31.4 Å². The van der Waals surface area contributed by atoms with Gasteiger partial charge < -0.3 is 10.2 Å². The van der Waals surface area contributed by atoms with Crippen LogP contribution in [0.5, 0.6) is 0 Å². The van der Waals surface area contributed by atoms with Gasteiger partial charge in [0.05, 0.1) is 6.20 Å². The average molecular weight is 333 g/mol. The van der Waals surface area contributed by atoms with E-state index in [1.807, 2.05) is 0 Å². The number of nitrogens with zero attached hydrogens (tertiary/aromatic N) is 3. The number of nitrogens with one attached hydrogen (secondary N) is 1. The van der Waals surface area contributed by atoms with Gasteiger partial charge in [-0.3, -0.25) is 4.68 Å². The minimum atomic E-state index is -2.35. The molecular formula is C12H24Cl2F2N4. The van der Waals surface area contributed by atoms with Gasteiger partial charge in [-0.1, -0.05) is 13.8 Å². The molecule has 0 fully saturated rings. The highest BCUT2D eigenvalue weighted by molar-refractivity contribution is 5.85. The number of aromatic nitrogens is 2. The topological polar surface area (TPSA) is 33.1 Å². The zero-order valence-electron chi connectivity index (χ0n) is 11.9. The molecule has 0 saturated carbocycles. The van der Waals surface area contributed by atoms with E-state index in [1.54, 1.807) is 12.4 Å². The molecule has 4 nitrogen and oxygen atoms in total. The molecule has 1 aromatic heterocycles. The standard InChI is InChI=1S/C12H22F2N4.2ClH/c1-3-17(4-2)6-5-15-7-11-8-16-18(9-11)10-12(13)14;;/h8-9,12,15H,3-7,10H2,1-2H3;2*1H. The summed E-state index contributed by atoms with van der Waals surface area (Å²) in [4.78, 5) is 2.33. The normalized spacial score (nSPS) is 10.5. The van der Waals surface area contributed by atoms with Gasteiger partial charge in [-0.25, -0.2) is 8.78 Å². The first kappa shape index (κ1) is 21.9. The Morgan fingerprint density at radius 1 is 1.30 bits per heavy atom. The molecule has 1 N–H and O–H groups in total. The molecule has 0 aromatic carbocycles. The molecule has 20 heavy (non-hydrogen) atoms. The summed E-state index contributed by atoms with van der Waals surface area (Å²) in [6, 6.07) is 0. The summed E-state index contributed by atoms with van der Waals surface area (Å²) in [5.41, 5.74) is 0.940. The predicted molar refractivity (Wildman–Crippen MR) is 82.2 cm³/mol. The monoisotopic (exact) mass is 332 g/mol. The van der Waals surface area contributed by atoms with Crippen LogP contribution in [0.25, 0.3) is 0 Å².